The molecule has 1 fully saturated rings. The molecule has 1 aliphatic rings. The van der Waals surface area contributed by atoms with Gasteiger partial charge in [-0.1, -0.05) is 24.3 Å². The molecule has 1 saturated heterocycles. The summed E-state index contributed by atoms with van der Waals surface area (Å²) in [5, 5.41) is 16.7. The summed E-state index contributed by atoms with van der Waals surface area (Å²) in [5.74, 6) is 0.639. The number of hydrogen-bond donors (Lipinski definition) is 3. The van der Waals surface area contributed by atoms with E-state index in [1.165, 1.54) is 17.8 Å². The summed E-state index contributed by atoms with van der Waals surface area (Å²) in [6, 6.07) is 14.3. The number of guanidine groups is 1. The lowest BCUT2D eigenvalue weighted by Crippen LogP contribution is -2.39. The molecule has 33 heavy (non-hydrogen) atoms. The first-order valence-corrected chi connectivity index (χ1v) is 10.7. The van der Waals surface area contributed by atoms with E-state index in [4.69, 9.17) is 4.74 Å². The van der Waals surface area contributed by atoms with Crippen LogP contribution in [0.15, 0.2) is 53.5 Å². The predicted molar refractivity (Wildman–Crippen MR) is 136 cm³/mol. The average Bonchev–Trinajstić information content (AvgIpc) is 2.81. The lowest BCUT2D eigenvalue weighted by Gasteiger charge is -2.28. The van der Waals surface area contributed by atoms with Crippen molar-refractivity contribution < 1.29 is 23.4 Å². The fourth-order valence-corrected chi connectivity index (χ4v) is 3.33. The summed E-state index contributed by atoms with van der Waals surface area (Å²) in [6.45, 7) is 3.79. The first-order chi connectivity index (χ1) is 15.5. The van der Waals surface area contributed by atoms with Crippen molar-refractivity contribution in [3.63, 3.8) is 0 Å². The first-order valence-electron chi connectivity index (χ1n) is 10.7. The minimum Gasteiger partial charge on any atom is -0.435 e. The Balaban J connectivity index is 0.00000385. The quantitative estimate of drug-likeness (QED) is 0.241. The SMILES string of the molecule is CCNC(=NCc1ccc(N2CCOCC2)cc1)NCC(O)c1ccc(OC(F)F)cc1.I. The molecule has 1 heterocycles. The number of nitrogens with zero attached hydrogens (tertiary/aromatic N) is 2. The van der Waals surface area contributed by atoms with Gasteiger partial charge in [-0.25, -0.2) is 4.99 Å². The van der Waals surface area contributed by atoms with Crippen LogP contribution in [0.4, 0.5) is 14.5 Å². The van der Waals surface area contributed by atoms with Gasteiger partial charge < -0.3 is 30.1 Å². The third kappa shape index (κ3) is 8.94. The van der Waals surface area contributed by atoms with Gasteiger partial charge in [0.25, 0.3) is 0 Å². The van der Waals surface area contributed by atoms with Crippen LogP contribution in [0.1, 0.15) is 24.2 Å². The molecule has 2 aromatic carbocycles. The highest BCUT2D eigenvalue weighted by molar-refractivity contribution is 14.0. The Hall–Kier alpha value is -2.18. The lowest BCUT2D eigenvalue weighted by molar-refractivity contribution is -0.0498. The van der Waals surface area contributed by atoms with Gasteiger partial charge in [-0.15, -0.1) is 24.0 Å². The monoisotopic (exact) mass is 576 g/mol. The number of aliphatic hydroxyl groups is 1. The number of aliphatic imine (C=N–C) groups is 1. The number of benzene rings is 2. The summed E-state index contributed by atoms with van der Waals surface area (Å²) < 4.78 is 34.2. The molecule has 3 N–H and O–H groups in total. The molecule has 1 unspecified atom stereocenters. The molecule has 10 heteroatoms. The zero-order chi connectivity index (χ0) is 22.8. The number of nitrogens with one attached hydrogen (secondary N) is 2. The molecule has 0 saturated carbocycles. The second kappa shape index (κ2) is 14.2. The number of anilines is 1. The number of morpholine rings is 1. The Labute approximate surface area is 210 Å². The van der Waals surface area contributed by atoms with Gasteiger partial charge in [-0.05, 0) is 42.3 Å². The number of ether oxygens (including phenoxy) is 2. The summed E-state index contributed by atoms with van der Waals surface area (Å²) in [6.07, 6.45) is -0.827. The maximum Gasteiger partial charge on any atom is 0.387 e. The second-order valence-corrected chi connectivity index (χ2v) is 7.31. The predicted octanol–water partition coefficient (Wildman–Crippen LogP) is 3.53. The van der Waals surface area contributed by atoms with Crippen LogP contribution in [0.3, 0.4) is 0 Å². The van der Waals surface area contributed by atoms with Crippen LogP contribution in [-0.2, 0) is 11.3 Å². The minimum atomic E-state index is -2.87. The zero-order valence-corrected chi connectivity index (χ0v) is 20.9. The Morgan fingerprint density at radius 2 is 1.76 bits per heavy atom. The summed E-state index contributed by atoms with van der Waals surface area (Å²) in [4.78, 5) is 6.89. The molecule has 182 valence electrons. The number of alkyl halides is 2. The maximum atomic E-state index is 12.3. The van der Waals surface area contributed by atoms with Crippen LogP contribution in [0.5, 0.6) is 5.75 Å². The zero-order valence-electron chi connectivity index (χ0n) is 18.5. The third-order valence-electron chi connectivity index (χ3n) is 5.03. The van der Waals surface area contributed by atoms with Crippen molar-refractivity contribution in [3.8, 4) is 5.75 Å². The van der Waals surface area contributed by atoms with Gasteiger partial charge in [-0.2, -0.15) is 8.78 Å². The highest BCUT2D eigenvalue weighted by Gasteiger charge is 2.12. The van der Waals surface area contributed by atoms with E-state index in [0.717, 1.165) is 31.9 Å². The molecule has 3 rings (SSSR count). The van der Waals surface area contributed by atoms with E-state index in [0.29, 0.717) is 24.6 Å². The summed E-state index contributed by atoms with van der Waals surface area (Å²) in [5.41, 5.74) is 2.85. The highest BCUT2D eigenvalue weighted by atomic mass is 127. The molecule has 2 aromatic rings. The van der Waals surface area contributed by atoms with Crippen LogP contribution >= 0.6 is 24.0 Å². The molecule has 0 aliphatic carbocycles. The molecule has 1 aliphatic heterocycles. The first kappa shape index (κ1) is 27.1. The molecule has 0 aromatic heterocycles. The van der Waals surface area contributed by atoms with E-state index < -0.39 is 12.7 Å². The van der Waals surface area contributed by atoms with Crippen LogP contribution in [-0.4, -0.2) is 57.1 Å². The molecule has 0 bridgehead atoms. The minimum absolute atomic E-state index is 0. The molecule has 1 atom stereocenters. The van der Waals surface area contributed by atoms with Crippen molar-refractivity contribution in [2.75, 3.05) is 44.3 Å². The summed E-state index contributed by atoms with van der Waals surface area (Å²) >= 11 is 0. The van der Waals surface area contributed by atoms with Crippen molar-refractivity contribution >= 4 is 35.6 Å². The van der Waals surface area contributed by atoms with E-state index in [-0.39, 0.29) is 36.3 Å². The van der Waals surface area contributed by atoms with Crippen LogP contribution in [0, 0.1) is 0 Å². The Morgan fingerprint density at radius 3 is 2.36 bits per heavy atom. The van der Waals surface area contributed by atoms with Gasteiger partial charge in [0.05, 0.1) is 25.9 Å². The van der Waals surface area contributed by atoms with Crippen LogP contribution in [0.25, 0.3) is 0 Å². The van der Waals surface area contributed by atoms with Crippen molar-refractivity contribution in [1.29, 1.82) is 0 Å². The fraction of sp³-hybridized carbons (Fsp3) is 0.435. The third-order valence-corrected chi connectivity index (χ3v) is 5.03. The molecule has 0 radical (unpaired) electrons. The van der Waals surface area contributed by atoms with Gasteiger partial charge >= 0.3 is 6.61 Å². The lowest BCUT2D eigenvalue weighted by atomic mass is 10.1. The van der Waals surface area contributed by atoms with Gasteiger partial charge in [0.2, 0.25) is 0 Å². The smallest absolute Gasteiger partial charge is 0.387 e. The van der Waals surface area contributed by atoms with E-state index in [1.54, 1.807) is 12.1 Å². The Bertz CT molecular complexity index is 848. The molecule has 0 amide bonds. The van der Waals surface area contributed by atoms with Crippen LogP contribution in [0.2, 0.25) is 0 Å². The molecule has 0 spiro atoms. The normalized spacial score (nSPS) is 15.1. The van der Waals surface area contributed by atoms with Crippen molar-refractivity contribution in [2.24, 2.45) is 4.99 Å². The number of rotatable bonds is 9. The van der Waals surface area contributed by atoms with E-state index >= 15 is 0 Å². The second-order valence-electron chi connectivity index (χ2n) is 7.31. The number of aliphatic hydroxyl groups excluding tert-OH is 1. The van der Waals surface area contributed by atoms with Gasteiger partial charge in [0.1, 0.15) is 5.75 Å². The van der Waals surface area contributed by atoms with Gasteiger partial charge in [0, 0.05) is 31.9 Å². The van der Waals surface area contributed by atoms with Crippen LogP contribution < -0.4 is 20.3 Å². The van der Waals surface area contributed by atoms with E-state index in [9.17, 15) is 13.9 Å². The fourth-order valence-electron chi connectivity index (χ4n) is 3.33. The Morgan fingerprint density at radius 1 is 1.09 bits per heavy atom. The summed E-state index contributed by atoms with van der Waals surface area (Å²) in [7, 11) is 0. The number of hydrogen-bond acceptors (Lipinski definition) is 5. The number of halogens is 3. The van der Waals surface area contributed by atoms with Crippen molar-refractivity contribution in [1.82, 2.24) is 10.6 Å². The molecule has 7 nitrogen and oxygen atoms in total. The molecular weight excluding hydrogens is 545 g/mol. The van der Waals surface area contributed by atoms with Crippen molar-refractivity contribution in [3.05, 3.63) is 59.7 Å². The molecular formula is C23H31F2IN4O3. The Kier molecular flexibility index (Phi) is 11.6. The van der Waals surface area contributed by atoms with Gasteiger partial charge in [0.15, 0.2) is 5.96 Å². The van der Waals surface area contributed by atoms with Crippen molar-refractivity contribution in [2.45, 2.75) is 26.2 Å². The topological polar surface area (TPSA) is 78.4 Å². The van der Waals surface area contributed by atoms with E-state index in [1.807, 2.05) is 6.92 Å². The largest absolute Gasteiger partial charge is 0.435 e. The van der Waals surface area contributed by atoms with Gasteiger partial charge in [-0.3, -0.25) is 0 Å². The average molecular weight is 576 g/mol. The standard InChI is InChI=1S/C23H30F2N4O3.HI/c1-2-26-23(28-16-21(30)18-5-9-20(10-6-18)32-22(24)25)27-15-17-3-7-19(8-4-17)29-11-13-31-14-12-29;/h3-10,21-22,30H,2,11-16H2,1H3,(H2,26,27,28);1H. The maximum absolute atomic E-state index is 12.3. The highest BCUT2D eigenvalue weighted by Crippen LogP contribution is 2.19. The van der Waals surface area contributed by atoms with E-state index in [2.05, 4.69) is 49.5 Å².